The summed E-state index contributed by atoms with van der Waals surface area (Å²) in [7, 11) is 0. The van der Waals surface area contributed by atoms with Crippen LogP contribution in [0.15, 0.2) is 40.8 Å². The average molecular weight is 348 g/mol. The number of amides is 1. The third-order valence-corrected chi connectivity index (χ3v) is 4.33. The Kier molecular flexibility index (Phi) is 4.90. The van der Waals surface area contributed by atoms with Gasteiger partial charge in [-0.15, -0.1) is 0 Å². The maximum atomic E-state index is 12.6. The minimum absolute atomic E-state index is 0.0733. The number of rotatable bonds is 7. The van der Waals surface area contributed by atoms with Crippen LogP contribution < -0.4 is 0 Å². The molecule has 1 N–H and O–H groups in total. The molecule has 0 atom stereocenters. The van der Waals surface area contributed by atoms with Gasteiger partial charge in [0, 0.05) is 18.1 Å². The minimum atomic E-state index is -1.18. The molecule has 0 saturated heterocycles. The maximum absolute atomic E-state index is 12.6. The van der Waals surface area contributed by atoms with Crippen LogP contribution in [0, 0.1) is 5.92 Å². The third-order valence-electron chi connectivity index (χ3n) is 4.07. The summed E-state index contributed by atoms with van der Waals surface area (Å²) in [4.78, 5) is 25.3. The summed E-state index contributed by atoms with van der Waals surface area (Å²) in [5, 5.41) is 9.60. The number of halogens is 1. The first-order valence-corrected chi connectivity index (χ1v) is 8.27. The fourth-order valence-electron chi connectivity index (χ4n) is 2.53. The second-order valence-corrected chi connectivity index (χ2v) is 6.48. The number of benzene rings is 1. The number of hydrogen-bond acceptors (Lipinski definition) is 3. The molecule has 1 fully saturated rings. The fraction of sp³-hybridized carbons (Fsp3) is 0.333. The largest absolute Gasteiger partial charge is 0.475 e. The monoisotopic (exact) mass is 347 g/mol. The molecule has 1 aromatic heterocycles. The molecule has 0 radical (unpaired) electrons. The molecular formula is C18H18ClNO4. The van der Waals surface area contributed by atoms with Crippen molar-refractivity contribution in [1.29, 1.82) is 0 Å². The number of aromatic carboxylic acids is 1. The van der Waals surface area contributed by atoms with E-state index in [0.717, 1.165) is 18.4 Å². The summed E-state index contributed by atoms with van der Waals surface area (Å²) in [5.41, 5.74) is 1.10. The van der Waals surface area contributed by atoms with Crippen LogP contribution in [-0.2, 0) is 6.42 Å². The molecule has 1 aromatic carbocycles. The van der Waals surface area contributed by atoms with Gasteiger partial charge in [-0.2, -0.15) is 0 Å². The van der Waals surface area contributed by atoms with Crippen LogP contribution in [0.5, 0.6) is 0 Å². The van der Waals surface area contributed by atoms with Crippen molar-refractivity contribution < 1.29 is 19.1 Å². The Morgan fingerprint density at radius 3 is 2.38 bits per heavy atom. The predicted octanol–water partition coefficient (Wildman–Crippen LogP) is 3.73. The standard InChI is InChI=1S/C18H18ClNO4/c19-14-5-3-12(4-6-14)9-10-20(11-13-1-2-13)17(21)15-7-8-16(24-15)18(22)23/h3-8,13H,1-2,9-11H2,(H,22,23). The SMILES string of the molecule is O=C(O)c1ccc(C(=O)N(CCc2ccc(Cl)cc2)CC2CC2)o1. The zero-order valence-electron chi connectivity index (χ0n) is 13.1. The number of carbonyl (C=O) groups is 2. The van der Waals surface area contributed by atoms with Crippen LogP contribution in [0.2, 0.25) is 5.02 Å². The van der Waals surface area contributed by atoms with E-state index in [9.17, 15) is 9.59 Å². The van der Waals surface area contributed by atoms with Gasteiger partial charge in [0.05, 0.1) is 0 Å². The Labute approximate surface area is 144 Å². The molecule has 0 aliphatic heterocycles. The summed E-state index contributed by atoms with van der Waals surface area (Å²) in [6.45, 7) is 1.23. The van der Waals surface area contributed by atoms with Crippen molar-refractivity contribution >= 4 is 23.5 Å². The lowest BCUT2D eigenvalue weighted by molar-refractivity contribution is 0.0648. The highest BCUT2D eigenvalue weighted by Crippen LogP contribution is 2.30. The van der Waals surface area contributed by atoms with Gasteiger partial charge in [-0.1, -0.05) is 23.7 Å². The predicted molar refractivity (Wildman–Crippen MR) is 89.5 cm³/mol. The van der Waals surface area contributed by atoms with Crippen molar-refractivity contribution in [3.63, 3.8) is 0 Å². The molecule has 1 heterocycles. The fourth-order valence-corrected chi connectivity index (χ4v) is 2.65. The van der Waals surface area contributed by atoms with E-state index in [-0.39, 0.29) is 17.4 Å². The van der Waals surface area contributed by atoms with E-state index in [4.69, 9.17) is 21.1 Å². The lowest BCUT2D eigenvalue weighted by Crippen LogP contribution is -2.34. The first-order valence-electron chi connectivity index (χ1n) is 7.90. The molecule has 1 saturated carbocycles. The van der Waals surface area contributed by atoms with E-state index < -0.39 is 5.97 Å². The second kappa shape index (κ2) is 7.09. The molecule has 0 unspecified atom stereocenters. The van der Waals surface area contributed by atoms with Crippen LogP contribution in [0.3, 0.4) is 0 Å². The van der Waals surface area contributed by atoms with Crippen molar-refractivity contribution in [2.24, 2.45) is 5.92 Å². The number of carboxylic acid groups (broad SMARTS) is 1. The second-order valence-electron chi connectivity index (χ2n) is 6.04. The van der Waals surface area contributed by atoms with Gasteiger partial charge in [-0.3, -0.25) is 4.79 Å². The lowest BCUT2D eigenvalue weighted by atomic mass is 10.1. The van der Waals surface area contributed by atoms with Crippen molar-refractivity contribution in [2.45, 2.75) is 19.3 Å². The van der Waals surface area contributed by atoms with Crippen LogP contribution in [0.1, 0.15) is 39.5 Å². The number of carbonyl (C=O) groups excluding carboxylic acids is 1. The summed E-state index contributed by atoms with van der Waals surface area (Å²) in [6, 6.07) is 10.3. The molecule has 1 amide bonds. The zero-order chi connectivity index (χ0) is 17.1. The third kappa shape index (κ3) is 4.17. The van der Waals surface area contributed by atoms with E-state index >= 15 is 0 Å². The summed E-state index contributed by atoms with van der Waals surface area (Å²) >= 11 is 5.88. The smallest absolute Gasteiger partial charge is 0.371 e. The van der Waals surface area contributed by atoms with Gasteiger partial charge in [0.15, 0.2) is 5.76 Å². The van der Waals surface area contributed by atoms with Crippen LogP contribution >= 0.6 is 11.6 Å². The summed E-state index contributed by atoms with van der Waals surface area (Å²) < 4.78 is 5.15. The van der Waals surface area contributed by atoms with Gasteiger partial charge in [0.2, 0.25) is 5.76 Å². The number of hydrogen-bond donors (Lipinski definition) is 1. The van der Waals surface area contributed by atoms with Crippen LogP contribution in [0.25, 0.3) is 0 Å². The molecular weight excluding hydrogens is 330 g/mol. The van der Waals surface area contributed by atoms with Crippen molar-refractivity contribution in [2.75, 3.05) is 13.1 Å². The molecule has 24 heavy (non-hydrogen) atoms. The topological polar surface area (TPSA) is 70.8 Å². The minimum Gasteiger partial charge on any atom is -0.475 e. The average Bonchev–Trinajstić information content (AvgIpc) is 3.24. The Morgan fingerprint density at radius 2 is 1.79 bits per heavy atom. The Bertz CT molecular complexity index is 734. The van der Waals surface area contributed by atoms with E-state index in [0.29, 0.717) is 30.5 Å². The molecule has 5 nitrogen and oxygen atoms in total. The van der Waals surface area contributed by atoms with Gasteiger partial charge in [0.1, 0.15) is 0 Å². The van der Waals surface area contributed by atoms with Crippen molar-refractivity contribution in [3.8, 4) is 0 Å². The molecule has 3 rings (SSSR count). The van der Waals surface area contributed by atoms with Gasteiger partial charge >= 0.3 is 5.97 Å². The van der Waals surface area contributed by atoms with Gasteiger partial charge < -0.3 is 14.4 Å². The maximum Gasteiger partial charge on any atom is 0.371 e. The van der Waals surface area contributed by atoms with E-state index in [1.165, 1.54) is 12.1 Å². The van der Waals surface area contributed by atoms with Crippen molar-refractivity contribution in [1.82, 2.24) is 4.90 Å². The van der Waals surface area contributed by atoms with Crippen molar-refractivity contribution in [3.05, 3.63) is 58.5 Å². The number of furan rings is 1. The quantitative estimate of drug-likeness (QED) is 0.828. The van der Waals surface area contributed by atoms with Crippen LogP contribution in [0.4, 0.5) is 0 Å². The number of nitrogens with zero attached hydrogens (tertiary/aromatic N) is 1. The first kappa shape index (κ1) is 16.6. The van der Waals surface area contributed by atoms with E-state index in [1.807, 2.05) is 24.3 Å². The number of carboxylic acids is 1. The normalized spacial score (nSPS) is 13.7. The van der Waals surface area contributed by atoms with Gasteiger partial charge in [0.25, 0.3) is 5.91 Å². The Balaban J connectivity index is 1.68. The highest BCUT2D eigenvalue weighted by Gasteiger charge is 2.28. The van der Waals surface area contributed by atoms with Gasteiger partial charge in [-0.25, -0.2) is 4.79 Å². The van der Waals surface area contributed by atoms with Gasteiger partial charge in [-0.05, 0) is 55.0 Å². The van der Waals surface area contributed by atoms with Crippen LogP contribution in [-0.4, -0.2) is 35.0 Å². The molecule has 6 heteroatoms. The summed E-state index contributed by atoms with van der Waals surface area (Å²) in [6.07, 6.45) is 2.97. The summed E-state index contributed by atoms with van der Waals surface area (Å²) in [5.74, 6) is -1.05. The Hall–Kier alpha value is -2.27. The molecule has 126 valence electrons. The molecule has 1 aliphatic rings. The highest BCUT2D eigenvalue weighted by molar-refractivity contribution is 6.30. The first-order chi connectivity index (χ1) is 11.5. The molecule has 2 aromatic rings. The Morgan fingerprint density at radius 1 is 1.12 bits per heavy atom. The molecule has 0 bridgehead atoms. The highest BCUT2D eigenvalue weighted by atomic mass is 35.5. The van der Waals surface area contributed by atoms with E-state index in [1.54, 1.807) is 4.90 Å². The zero-order valence-corrected chi connectivity index (χ0v) is 13.8. The van der Waals surface area contributed by atoms with E-state index in [2.05, 4.69) is 0 Å². The molecule has 1 aliphatic carbocycles. The lowest BCUT2D eigenvalue weighted by Gasteiger charge is -2.21. The molecule has 0 spiro atoms.